The zero-order valence-corrected chi connectivity index (χ0v) is 12.6. The smallest absolute Gasteiger partial charge is 1.00 e. The number of hydrogen-bond donors (Lipinski definition) is 0. The quantitative estimate of drug-likeness (QED) is 0.569. The van der Waals surface area contributed by atoms with E-state index in [1.54, 1.807) is 18.9 Å². The Labute approximate surface area is 117 Å². The molecule has 0 amide bonds. The number of allylic oxidation sites excluding steroid dienone is 8. The average molecular weight is 264 g/mol. The van der Waals surface area contributed by atoms with E-state index in [0.29, 0.717) is 0 Å². The van der Waals surface area contributed by atoms with Crippen LogP contribution < -0.4 is 0 Å². The minimum Gasteiger partial charge on any atom is -1.00 e. The van der Waals surface area contributed by atoms with E-state index < -0.39 is 0 Å². The second kappa shape index (κ2) is 6.56. The van der Waals surface area contributed by atoms with Crippen LogP contribution in [0.5, 0.6) is 0 Å². The van der Waals surface area contributed by atoms with Crippen LogP contribution in [0.1, 0.15) is 55.2 Å². The molecule has 17 heavy (non-hydrogen) atoms. The molecule has 0 spiro atoms. The monoisotopic (exact) mass is 264 g/mol. The molecule has 0 saturated carbocycles. The predicted molar refractivity (Wildman–Crippen MR) is 73.6 cm³/mol. The fourth-order valence-corrected chi connectivity index (χ4v) is 4.96. The van der Waals surface area contributed by atoms with Crippen molar-refractivity contribution in [3.05, 3.63) is 43.2 Å². The second-order valence-electron chi connectivity index (χ2n) is 4.85. The van der Waals surface area contributed by atoms with E-state index in [0.717, 1.165) is 0 Å². The molecule has 2 rings (SSSR count). The van der Waals surface area contributed by atoms with Crippen molar-refractivity contribution in [3.8, 4) is 0 Å². The first-order chi connectivity index (χ1) is 8.35. The van der Waals surface area contributed by atoms with Gasteiger partial charge in [0, 0.05) is 0 Å². The Balaban J connectivity index is 0.00000162. The van der Waals surface area contributed by atoms with Gasteiger partial charge < -0.3 is 2.85 Å². The molecule has 0 heterocycles. The maximum absolute atomic E-state index is 2.38. The summed E-state index contributed by atoms with van der Waals surface area (Å²) < 4.78 is 3.61. The molecule has 2 aliphatic carbocycles. The molecule has 0 saturated heterocycles. The van der Waals surface area contributed by atoms with Gasteiger partial charge in [-0.25, -0.2) is 0 Å². The van der Waals surface area contributed by atoms with E-state index in [1.165, 1.54) is 38.5 Å². The summed E-state index contributed by atoms with van der Waals surface area (Å²) >= 11 is -0.000648. The molecular weight excluding hydrogens is 240 g/mol. The topological polar surface area (TPSA) is 0 Å². The van der Waals surface area contributed by atoms with E-state index in [4.69, 9.17) is 0 Å². The van der Waals surface area contributed by atoms with Crippen LogP contribution in [0.3, 0.4) is 0 Å². The van der Waals surface area contributed by atoms with Crippen LogP contribution >= 0.6 is 0 Å². The van der Waals surface area contributed by atoms with Crippen molar-refractivity contribution in [1.29, 1.82) is 0 Å². The standard InChI is InChI=1S/2C8H11.Ti.2H/c2*1-2-5-8-6-3-4-7-8;;;/h2*3,6H,2,4-5H2,1H3;;;/q;;+2;2*-1. The Bertz CT molecular complexity index is 365. The largest absolute Gasteiger partial charge is 1.00 e. The van der Waals surface area contributed by atoms with Crippen LogP contribution in [-0.2, 0) is 19.2 Å². The molecule has 0 N–H and O–H groups in total. The van der Waals surface area contributed by atoms with Gasteiger partial charge in [0.2, 0.25) is 0 Å². The minimum absolute atomic E-state index is 0. The summed E-state index contributed by atoms with van der Waals surface area (Å²) in [6.45, 7) is 4.57. The molecule has 0 bridgehead atoms. The third-order valence-corrected chi connectivity index (χ3v) is 5.98. The molecule has 2 aliphatic rings. The number of hydrogen-bond acceptors (Lipinski definition) is 0. The first-order valence-electron chi connectivity index (χ1n) is 6.89. The van der Waals surface area contributed by atoms with Gasteiger partial charge in [0.1, 0.15) is 0 Å². The van der Waals surface area contributed by atoms with Crippen molar-refractivity contribution < 1.29 is 22.0 Å². The van der Waals surface area contributed by atoms with Crippen molar-refractivity contribution >= 4 is 0 Å². The first kappa shape index (κ1) is 13.1. The van der Waals surface area contributed by atoms with Gasteiger partial charge in [-0.3, -0.25) is 0 Å². The second-order valence-corrected chi connectivity index (χ2v) is 7.12. The normalized spacial score (nSPS) is 18.5. The predicted octanol–water partition coefficient (Wildman–Crippen LogP) is 5.32. The molecule has 0 aromatic carbocycles. The van der Waals surface area contributed by atoms with Crippen molar-refractivity contribution in [2.75, 3.05) is 0 Å². The molecule has 0 atom stereocenters. The summed E-state index contributed by atoms with van der Waals surface area (Å²) in [4.78, 5) is 0. The van der Waals surface area contributed by atoms with Crippen molar-refractivity contribution in [2.24, 2.45) is 0 Å². The van der Waals surface area contributed by atoms with Gasteiger partial charge in [-0.15, -0.1) is 0 Å². The Morgan fingerprint density at radius 2 is 1.41 bits per heavy atom. The van der Waals surface area contributed by atoms with E-state index >= 15 is 0 Å². The van der Waals surface area contributed by atoms with Crippen LogP contribution in [0.15, 0.2) is 43.2 Å². The Morgan fingerprint density at radius 3 is 1.82 bits per heavy atom. The maximum Gasteiger partial charge on any atom is -1.00 e. The maximum atomic E-state index is 2.38. The van der Waals surface area contributed by atoms with Gasteiger partial charge in [0.15, 0.2) is 0 Å². The first-order valence-corrected chi connectivity index (χ1v) is 8.45. The van der Waals surface area contributed by atoms with E-state index in [1.807, 2.05) is 0 Å². The van der Waals surface area contributed by atoms with E-state index in [-0.39, 0.29) is 22.0 Å². The van der Waals surface area contributed by atoms with E-state index in [9.17, 15) is 0 Å². The van der Waals surface area contributed by atoms with Crippen molar-refractivity contribution in [2.45, 2.75) is 52.4 Å². The Kier molecular flexibility index (Phi) is 5.06. The molecule has 92 valence electrons. The molecule has 0 radical (unpaired) electrons. The fraction of sp³-hybridized carbons (Fsp3) is 0.500. The molecular formula is C16H24Ti. The van der Waals surface area contributed by atoms with Crippen molar-refractivity contribution in [3.63, 3.8) is 0 Å². The summed E-state index contributed by atoms with van der Waals surface area (Å²) in [7, 11) is 0. The average Bonchev–Trinajstić information content (AvgIpc) is 2.92. The minimum atomic E-state index is -0.000648. The van der Waals surface area contributed by atoms with Gasteiger partial charge in [-0.05, 0) is 0 Å². The zero-order chi connectivity index (χ0) is 12.1. The zero-order valence-electron chi connectivity index (χ0n) is 13.1. The van der Waals surface area contributed by atoms with Gasteiger partial charge >= 0.3 is 115 Å². The van der Waals surface area contributed by atoms with Gasteiger partial charge in [-0.1, -0.05) is 0 Å². The third kappa shape index (κ3) is 3.33. The summed E-state index contributed by atoms with van der Waals surface area (Å²) in [6, 6.07) is 0. The molecule has 0 nitrogen and oxygen atoms in total. The SMILES string of the molecule is CCCC1=[C]([Ti+2][C]2=C(CCC)C=CC2)CC=C1.[H-].[H-]. The summed E-state index contributed by atoms with van der Waals surface area (Å²) in [6.07, 6.45) is 17.1. The Hall–Kier alpha value is -0.326. The molecule has 0 aromatic heterocycles. The van der Waals surface area contributed by atoms with Gasteiger partial charge in [0.25, 0.3) is 0 Å². The summed E-state index contributed by atoms with van der Waals surface area (Å²) in [5.74, 6) is 0. The molecule has 0 unspecified atom stereocenters. The molecule has 1 heteroatoms. The molecule has 0 aromatic rings. The van der Waals surface area contributed by atoms with E-state index in [2.05, 4.69) is 38.2 Å². The summed E-state index contributed by atoms with van der Waals surface area (Å²) in [5, 5.41) is 0. The van der Waals surface area contributed by atoms with Gasteiger partial charge in [0.05, 0.1) is 0 Å². The Morgan fingerprint density at radius 1 is 0.941 bits per heavy atom. The van der Waals surface area contributed by atoms with Crippen LogP contribution in [0, 0.1) is 0 Å². The molecule has 0 fully saturated rings. The number of rotatable bonds is 6. The van der Waals surface area contributed by atoms with Gasteiger partial charge in [-0.2, -0.15) is 0 Å². The fourth-order valence-electron chi connectivity index (χ4n) is 2.55. The van der Waals surface area contributed by atoms with Crippen LogP contribution in [-0.4, -0.2) is 0 Å². The molecule has 0 aliphatic heterocycles. The van der Waals surface area contributed by atoms with Crippen molar-refractivity contribution in [1.82, 2.24) is 0 Å². The third-order valence-electron chi connectivity index (χ3n) is 3.40. The summed E-state index contributed by atoms with van der Waals surface area (Å²) in [5.41, 5.74) is 3.34. The van der Waals surface area contributed by atoms with Crippen LogP contribution in [0.4, 0.5) is 0 Å². The van der Waals surface area contributed by atoms with Crippen LogP contribution in [0.25, 0.3) is 0 Å². The van der Waals surface area contributed by atoms with Crippen LogP contribution in [0.2, 0.25) is 0 Å².